The summed E-state index contributed by atoms with van der Waals surface area (Å²) in [5.41, 5.74) is 0. The summed E-state index contributed by atoms with van der Waals surface area (Å²) in [5.74, 6) is 0.745. The minimum absolute atomic E-state index is 0.0311. The van der Waals surface area contributed by atoms with Crippen molar-refractivity contribution in [3.05, 3.63) is 40.6 Å². The SMILES string of the molecule is COc1ccc(S(=O)(=O)N2CCC(NC(=O)c3cccs3)CC2)cc1OC. The van der Waals surface area contributed by atoms with Crippen LogP contribution in [0.25, 0.3) is 0 Å². The number of hydrogen-bond donors (Lipinski definition) is 1. The van der Waals surface area contributed by atoms with Crippen molar-refractivity contribution in [3.8, 4) is 11.5 Å². The van der Waals surface area contributed by atoms with Crippen molar-refractivity contribution in [1.82, 2.24) is 9.62 Å². The molecule has 1 amide bonds. The Hall–Kier alpha value is -2.10. The number of sulfonamides is 1. The van der Waals surface area contributed by atoms with E-state index in [1.807, 2.05) is 11.4 Å². The number of piperidine rings is 1. The van der Waals surface area contributed by atoms with Gasteiger partial charge in [-0.05, 0) is 36.4 Å². The molecule has 1 fully saturated rings. The lowest BCUT2D eigenvalue weighted by Gasteiger charge is -2.31. The van der Waals surface area contributed by atoms with Crippen LogP contribution < -0.4 is 14.8 Å². The molecule has 1 aliphatic heterocycles. The van der Waals surface area contributed by atoms with Gasteiger partial charge in [-0.1, -0.05) is 6.07 Å². The highest BCUT2D eigenvalue weighted by Gasteiger charge is 2.30. The van der Waals surface area contributed by atoms with Crippen LogP contribution >= 0.6 is 11.3 Å². The Labute approximate surface area is 163 Å². The summed E-state index contributed by atoms with van der Waals surface area (Å²) in [5, 5.41) is 4.83. The fourth-order valence-corrected chi connectivity index (χ4v) is 5.14. The van der Waals surface area contributed by atoms with E-state index < -0.39 is 10.0 Å². The van der Waals surface area contributed by atoms with Gasteiger partial charge >= 0.3 is 0 Å². The van der Waals surface area contributed by atoms with E-state index >= 15 is 0 Å². The fourth-order valence-electron chi connectivity index (χ4n) is 3.03. The lowest BCUT2D eigenvalue weighted by Crippen LogP contribution is -2.46. The largest absolute Gasteiger partial charge is 0.493 e. The molecule has 0 aliphatic carbocycles. The highest BCUT2D eigenvalue weighted by molar-refractivity contribution is 7.89. The van der Waals surface area contributed by atoms with Crippen LogP contribution in [0.2, 0.25) is 0 Å². The molecule has 0 unspecified atom stereocenters. The Morgan fingerprint density at radius 1 is 1.15 bits per heavy atom. The summed E-state index contributed by atoms with van der Waals surface area (Å²) in [6.45, 7) is 0.706. The molecular formula is C18H22N2O5S2. The standard InChI is InChI=1S/C18H22N2O5S2/c1-24-15-6-5-14(12-16(15)25-2)27(22,23)20-9-7-13(8-10-20)19-18(21)17-4-3-11-26-17/h3-6,11-13H,7-10H2,1-2H3,(H,19,21). The average Bonchev–Trinajstić information content (AvgIpc) is 3.22. The Balaban J connectivity index is 1.65. The zero-order valence-corrected chi connectivity index (χ0v) is 16.8. The summed E-state index contributed by atoms with van der Waals surface area (Å²) in [6, 6.07) is 8.14. The summed E-state index contributed by atoms with van der Waals surface area (Å²) in [6.07, 6.45) is 1.15. The molecule has 27 heavy (non-hydrogen) atoms. The van der Waals surface area contributed by atoms with Crippen molar-refractivity contribution in [1.29, 1.82) is 0 Å². The zero-order valence-electron chi connectivity index (χ0n) is 15.2. The van der Waals surface area contributed by atoms with Crippen molar-refractivity contribution < 1.29 is 22.7 Å². The first kappa shape index (κ1) is 19.7. The van der Waals surface area contributed by atoms with Gasteiger partial charge in [-0.3, -0.25) is 4.79 Å². The minimum Gasteiger partial charge on any atom is -0.493 e. The molecule has 1 aromatic heterocycles. The van der Waals surface area contributed by atoms with Crippen molar-refractivity contribution in [3.63, 3.8) is 0 Å². The maximum absolute atomic E-state index is 12.9. The van der Waals surface area contributed by atoms with Crippen LogP contribution in [0, 0.1) is 0 Å². The Morgan fingerprint density at radius 3 is 2.44 bits per heavy atom. The lowest BCUT2D eigenvalue weighted by atomic mass is 10.1. The molecule has 1 saturated heterocycles. The number of nitrogens with one attached hydrogen (secondary N) is 1. The van der Waals surface area contributed by atoms with E-state index in [4.69, 9.17) is 9.47 Å². The van der Waals surface area contributed by atoms with Gasteiger partial charge < -0.3 is 14.8 Å². The van der Waals surface area contributed by atoms with Crippen molar-refractivity contribution in [2.45, 2.75) is 23.8 Å². The van der Waals surface area contributed by atoms with E-state index in [0.717, 1.165) is 0 Å². The number of amides is 1. The number of carbonyl (C=O) groups is 1. The smallest absolute Gasteiger partial charge is 0.261 e. The molecule has 0 saturated carbocycles. The van der Waals surface area contributed by atoms with Gasteiger partial charge in [0.05, 0.1) is 24.0 Å². The Kier molecular flexibility index (Phi) is 6.03. The van der Waals surface area contributed by atoms with Crippen LogP contribution in [0.4, 0.5) is 0 Å². The molecule has 0 bridgehead atoms. The number of methoxy groups -OCH3 is 2. The molecule has 9 heteroatoms. The third kappa shape index (κ3) is 4.26. The van der Waals surface area contributed by atoms with E-state index in [2.05, 4.69) is 5.32 Å². The molecule has 7 nitrogen and oxygen atoms in total. The van der Waals surface area contributed by atoms with Crippen LogP contribution in [0.15, 0.2) is 40.6 Å². The van der Waals surface area contributed by atoms with Crippen molar-refractivity contribution in [2.24, 2.45) is 0 Å². The first-order valence-electron chi connectivity index (χ1n) is 8.52. The van der Waals surface area contributed by atoms with Gasteiger partial charge in [0.2, 0.25) is 10.0 Å². The van der Waals surface area contributed by atoms with Crippen LogP contribution in [0.3, 0.4) is 0 Å². The third-order valence-corrected chi connectivity index (χ3v) is 7.29. The number of rotatable bonds is 6. The summed E-state index contributed by atoms with van der Waals surface area (Å²) < 4.78 is 37.6. The topological polar surface area (TPSA) is 84.9 Å². The van der Waals surface area contributed by atoms with Gasteiger partial charge in [-0.2, -0.15) is 4.31 Å². The highest BCUT2D eigenvalue weighted by Crippen LogP contribution is 2.31. The maximum Gasteiger partial charge on any atom is 0.261 e. The number of thiophene rings is 1. The van der Waals surface area contributed by atoms with E-state index in [9.17, 15) is 13.2 Å². The van der Waals surface area contributed by atoms with Gasteiger partial charge in [-0.25, -0.2) is 8.42 Å². The summed E-state index contributed by atoms with van der Waals surface area (Å²) in [4.78, 5) is 13.0. The predicted octanol–water partition coefficient (Wildman–Crippen LogP) is 2.35. The lowest BCUT2D eigenvalue weighted by molar-refractivity contribution is 0.0928. The molecule has 1 N–H and O–H groups in total. The zero-order chi connectivity index (χ0) is 19.4. The molecule has 0 spiro atoms. The summed E-state index contributed by atoms with van der Waals surface area (Å²) >= 11 is 1.39. The quantitative estimate of drug-likeness (QED) is 0.790. The number of hydrogen-bond acceptors (Lipinski definition) is 6. The fraction of sp³-hybridized carbons (Fsp3) is 0.389. The van der Waals surface area contributed by atoms with Crippen LogP contribution in [0.1, 0.15) is 22.5 Å². The van der Waals surface area contributed by atoms with E-state index in [0.29, 0.717) is 42.3 Å². The molecule has 3 rings (SSSR count). The second-order valence-corrected chi connectivity index (χ2v) is 9.03. The Bertz CT molecular complexity index is 888. The molecule has 2 heterocycles. The van der Waals surface area contributed by atoms with E-state index in [-0.39, 0.29) is 16.8 Å². The molecule has 0 atom stereocenters. The van der Waals surface area contributed by atoms with Crippen molar-refractivity contribution in [2.75, 3.05) is 27.3 Å². The molecule has 1 aliphatic rings. The van der Waals surface area contributed by atoms with Crippen LogP contribution in [-0.2, 0) is 10.0 Å². The first-order valence-corrected chi connectivity index (χ1v) is 10.8. The third-order valence-electron chi connectivity index (χ3n) is 4.53. The number of carbonyl (C=O) groups excluding carboxylic acids is 1. The molecule has 0 radical (unpaired) electrons. The average molecular weight is 411 g/mol. The second-order valence-electron chi connectivity index (χ2n) is 6.15. The molecule has 146 valence electrons. The van der Waals surface area contributed by atoms with E-state index in [1.54, 1.807) is 12.1 Å². The number of ether oxygens (including phenoxy) is 2. The summed E-state index contributed by atoms with van der Waals surface area (Å²) in [7, 11) is -0.658. The first-order chi connectivity index (χ1) is 13.0. The van der Waals surface area contributed by atoms with Gasteiger partial charge in [0.15, 0.2) is 11.5 Å². The Morgan fingerprint density at radius 2 is 1.85 bits per heavy atom. The second kappa shape index (κ2) is 8.28. The highest BCUT2D eigenvalue weighted by atomic mass is 32.2. The van der Waals surface area contributed by atoms with E-state index in [1.165, 1.54) is 42.0 Å². The van der Waals surface area contributed by atoms with Gasteiger partial charge in [0, 0.05) is 25.2 Å². The number of nitrogens with zero attached hydrogens (tertiary/aromatic N) is 1. The van der Waals surface area contributed by atoms with Gasteiger partial charge in [0.25, 0.3) is 5.91 Å². The van der Waals surface area contributed by atoms with Crippen molar-refractivity contribution >= 4 is 27.3 Å². The maximum atomic E-state index is 12.9. The predicted molar refractivity (Wildman–Crippen MR) is 103 cm³/mol. The number of benzene rings is 1. The van der Waals surface area contributed by atoms with Crippen LogP contribution in [0.5, 0.6) is 11.5 Å². The normalized spacial score (nSPS) is 16.1. The van der Waals surface area contributed by atoms with Gasteiger partial charge in [-0.15, -0.1) is 11.3 Å². The molecular weight excluding hydrogens is 388 g/mol. The van der Waals surface area contributed by atoms with Crippen LogP contribution in [-0.4, -0.2) is 52.0 Å². The monoisotopic (exact) mass is 410 g/mol. The van der Waals surface area contributed by atoms with Gasteiger partial charge in [0.1, 0.15) is 0 Å². The molecule has 1 aromatic carbocycles. The minimum atomic E-state index is -3.63. The molecule has 2 aromatic rings.